The van der Waals surface area contributed by atoms with Crippen molar-refractivity contribution in [2.75, 3.05) is 35.6 Å². The Morgan fingerprint density at radius 3 is 2.86 bits per heavy atom. The van der Waals surface area contributed by atoms with Crippen molar-refractivity contribution in [2.24, 2.45) is 10.9 Å². The summed E-state index contributed by atoms with van der Waals surface area (Å²) < 4.78 is 15.9. The number of nitrogen functional groups attached to an aromatic ring is 1. The smallest absolute Gasteiger partial charge is 0.258 e. The standard InChI is InChI=1S/C25H31FN8O/c1-4-28-9-18-20(33-10-14(2)29-19(12-33)16-5-6-16)8-7-17(22(18)27)25(35)32-21-13-34-11-15(3)30-24(34)23(26)31-21/h7-9,11,13-14,16,19,29H,4-6,10,12,27H2,1-3H3,(H,32,35)/t14-,19-/m0/s1. The van der Waals surface area contributed by atoms with Crippen molar-refractivity contribution in [1.29, 1.82) is 0 Å². The summed E-state index contributed by atoms with van der Waals surface area (Å²) in [7, 11) is 0. The van der Waals surface area contributed by atoms with E-state index in [9.17, 15) is 9.18 Å². The average molecular weight is 479 g/mol. The Morgan fingerprint density at radius 2 is 2.11 bits per heavy atom. The zero-order valence-corrected chi connectivity index (χ0v) is 20.3. The van der Waals surface area contributed by atoms with Gasteiger partial charge < -0.3 is 21.3 Å². The van der Waals surface area contributed by atoms with Gasteiger partial charge in [0.2, 0.25) is 0 Å². The van der Waals surface area contributed by atoms with Gasteiger partial charge in [-0.2, -0.15) is 9.37 Å². The Balaban J connectivity index is 1.45. The number of nitrogens with zero attached hydrogens (tertiary/aromatic N) is 5. The number of fused-ring (bicyclic) bond motifs is 1. The molecule has 4 N–H and O–H groups in total. The van der Waals surface area contributed by atoms with Crippen LogP contribution >= 0.6 is 0 Å². The molecule has 2 aliphatic rings. The van der Waals surface area contributed by atoms with E-state index < -0.39 is 11.9 Å². The van der Waals surface area contributed by atoms with E-state index in [1.54, 1.807) is 25.4 Å². The third-order valence-corrected chi connectivity index (χ3v) is 6.61. The van der Waals surface area contributed by atoms with Crippen molar-refractivity contribution in [3.05, 3.63) is 47.3 Å². The summed E-state index contributed by atoms with van der Waals surface area (Å²) in [6.45, 7) is 8.24. The molecule has 10 heteroatoms. The molecule has 2 fully saturated rings. The molecule has 2 atom stereocenters. The van der Waals surface area contributed by atoms with Crippen LogP contribution in [0.4, 0.5) is 21.6 Å². The van der Waals surface area contributed by atoms with Gasteiger partial charge >= 0.3 is 0 Å². The van der Waals surface area contributed by atoms with Gasteiger partial charge in [0.25, 0.3) is 11.9 Å². The normalized spacial score (nSPS) is 20.6. The minimum Gasteiger partial charge on any atom is -0.397 e. The van der Waals surface area contributed by atoms with Crippen LogP contribution in [0.5, 0.6) is 0 Å². The Morgan fingerprint density at radius 1 is 1.31 bits per heavy atom. The number of amides is 1. The third-order valence-electron chi connectivity index (χ3n) is 6.61. The summed E-state index contributed by atoms with van der Waals surface area (Å²) in [4.78, 5) is 27.9. The van der Waals surface area contributed by atoms with Crippen LogP contribution in [-0.2, 0) is 0 Å². The lowest BCUT2D eigenvalue weighted by molar-refractivity contribution is 0.102. The van der Waals surface area contributed by atoms with Crippen LogP contribution in [-0.4, -0.2) is 58.2 Å². The molecule has 184 valence electrons. The first-order valence-electron chi connectivity index (χ1n) is 12.1. The highest BCUT2D eigenvalue weighted by atomic mass is 19.1. The number of aromatic nitrogens is 3. The molecular formula is C25H31FN8O. The Kier molecular flexibility index (Phi) is 6.14. The molecule has 2 aromatic heterocycles. The molecule has 1 saturated carbocycles. The Bertz CT molecular complexity index is 1300. The first-order valence-corrected chi connectivity index (χ1v) is 12.1. The first kappa shape index (κ1) is 23.2. The SMILES string of the molecule is CCN=Cc1c(N2C[C@@H](C3CC3)N[C@@H](C)C2)ccc(C(=O)Nc2cn3cc(C)nc3c(F)n2)c1N. The number of rotatable bonds is 6. The van der Waals surface area contributed by atoms with E-state index in [2.05, 4.69) is 37.4 Å². The molecule has 0 radical (unpaired) electrons. The summed E-state index contributed by atoms with van der Waals surface area (Å²) >= 11 is 0. The zero-order valence-electron chi connectivity index (χ0n) is 20.3. The van der Waals surface area contributed by atoms with Gasteiger partial charge in [-0.05, 0) is 51.7 Å². The van der Waals surface area contributed by atoms with E-state index in [0.29, 0.717) is 30.0 Å². The van der Waals surface area contributed by atoms with Gasteiger partial charge in [-0.15, -0.1) is 0 Å². The molecule has 9 nitrogen and oxygen atoms in total. The number of nitrogens with two attached hydrogens (primary N) is 1. The summed E-state index contributed by atoms with van der Waals surface area (Å²) in [6.07, 6.45) is 7.48. The van der Waals surface area contributed by atoms with Gasteiger partial charge in [-0.25, -0.2) is 4.98 Å². The van der Waals surface area contributed by atoms with Crippen molar-refractivity contribution in [3.63, 3.8) is 0 Å². The monoisotopic (exact) mass is 478 g/mol. The summed E-state index contributed by atoms with van der Waals surface area (Å²) in [6, 6.07) is 4.44. The number of nitrogens with one attached hydrogen (secondary N) is 2. The lowest BCUT2D eigenvalue weighted by Crippen LogP contribution is -2.56. The fraction of sp³-hybridized carbons (Fsp3) is 0.440. The average Bonchev–Trinajstić information content (AvgIpc) is 3.59. The number of hydrogen-bond donors (Lipinski definition) is 3. The number of hydrogen-bond acceptors (Lipinski definition) is 7. The maximum Gasteiger partial charge on any atom is 0.258 e. The topological polar surface area (TPSA) is 113 Å². The number of carbonyl (C=O) groups is 1. The minimum atomic E-state index is -0.756. The predicted molar refractivity (Wildman–Crippen MR) is 136 cm³/mol. The second-order valence-corrected chi connectivity index (χ2v) is 9.49. The summed E-state index contributed by atoms with van der Waals surface area (Å²) in [5, 5.41) is 6.39. The molecular weight excluding hydrogens is 447 g/mol. The van der Waals surface area contributed by atoms with E-state index in [4.69, 9.17) is 5.73 Å². The number of halogens is 1. The second kappa shape index (κ2) is 9.26. The molecule has 35 heavy (non-hydrogen) atoms. The van der Waals surface area contributed by atoms with E-state index in [1.807, 2.05) is 13.0 Å². The lowest BCUT2D eigenvalue weighted by atomic mass is 10.0. The van der Waals surface area contributed by atoms with Gasteiger partial charge in [0.15, 0.2) is 11.5 Å². The number of carbonyl (C=O) groups excluding carboxylic acids is 1. The molecule has 1 aromatic carbocycles. The first-order chi connectivity index (χ1) is 16.8. The van der Waals surface area contributed by atoms with Crippen LogP contribution in [0, 0.1) is 18.8 Å². The van der Waals surface area contributed by atoms with E-state index >= 15 is 0 Å². The van der Waals surface area contributed by atoms with Crippen molar-refractivity contribution >= 4 is 35.0 Å². The van der Waals surface area contributed by atoms with Crippen molar-refractivity contribution < 1.29 is 9.18 Å². The van der Waals surface area contributed by atoms with Crippen LogP contribution in [0.2, 0.25) is 0 Å². The molecule has 1 saturated heterocycles. The van der Waals surface area contributed by atoms with E-state index in [1.165, 1.54) is 23.4 Å². The molecule has 3 heterocycles. The Hall–Kier alpha value is -3.53. The van der Waals surface area contributed by atoms with Crippen LogP contribution in [0.25, 0.3) is 5.65 Å². The summed E-state index contributed by atoms with van der Waals surface area (Å²) in [5.74, 6) is -0.423. The maximum atomic E-state index is 14.4. The lowest BCUT2D eigenvalue weighted by Gasteiger charge is -2.40. The number of aliphatic imine (C=N–C) groups is 1. The molecule has 0 spiro atoms. The number of imidazole rings is 1. The second-order valence-electron chi connectivity index (χ2n) is 9.49. The summed E-state index contributed by atoms with van der Waals surface area (Å²) in [5.41, 5.74) is 9.63. The number of piperazine rings is 1. The predicted octanol–water partition coefficient (Wildman–Crippen LogP) is 3.03. The number of benzene rings is 1. The zero-order chi connectivity index (χ0) is 24.7. The third kappa shape index (κ3) is 4.70. The molecule has 1 aliphatic heterocycles. The minimum absolute atomic E-state index is 0.0767. The molecule has 0 unspecified atom stereocenters. The van der Waals surface area contributed by atoms with Crippen molar-refractivity contribution in [1.82, 2.24) is 19.7 Å². The largest absolute Gasteiger partial charge is 0.397 e. The molecule has 0 bridgehead atoms. The van der Waals surface area contributed by atoms with Crippen LogP contribution < -0.4 is 21.3 Å². The van der Waals surface area contributed by atoms with E-state index in [-0.39, 0.29) is 17.0 Å². The number of anilines is 3. The van der Waals surface area contributed by atoms with Gasteiger partial charge in [-0.3, -0.25) is 14.2 Å². The maximum absolute atomic E-state index is 14.4. The van der Waals surface area contributed by atoms with Gasteiger partial charge in [0.05, 0.1) is 23.1 Å². The molecule has 3 aromatic rings. The number of aryl methyl sites for hydroxylation is 1. The van der Waals surface area contributed by atoms with Crippen molar-refractivity contribution in [2.45, 2.75) is 45.7 Å². The Labute approximate surface area is 203 Å². The van der Waals surface area contributed by atoms with Gasteiger partial charge in [-0.1, -0.05) is 0 Å². The van der Waals surface area contributed by atoms with Crippen LogP contribution in [0.3, 0.4) is 0 Å². The van der Waals surface area contributed by atoms with E-state index in [0.717, 1.165) is 30.3 Å². The van der Waals surface area contributed by atoms with Crippen LogP contribution in [0.15, 0.2) is 29.5 Å². The molecule has 1 amide bonds. The highest BCUT2D eigenvalue weighted by molar-refractivity contribution is 6.11. The molecule has 1 aliphatic carbocycles. The highest BCUT2D eigenvalue weighted by Gasteiger charge is 2.36. The van der Waals surface area contributed by atoms with Crippen molar-refractivity contribution in [3.8, 4) is 0 Å². The van der Waals surface area contributed by atoms with Gasteiger partial charge in [0.1, 0.15) is 0 Å². The highest BCUT2D eigenvalue weighted by Crippen LogP contribution is 2.36. The molecule has 5 rings (SSSR count). The fourth-order valence-electron chi connectivity index (χ4n) is 4.84. The van der Waals surface area contributed by atoms with Gasteiger partial charge in [0, 0.05) is 55.4 Å². The fourth-order valence-corrected chi connectivity index (χ4v) is 4.84. The quantitative estimate of drug-likeness (QED) is 0.371. The van der Waals surface area contributed by atoms with Crippen LogP contribution in [0.1, 0.15) is 48.3 Å².